The Kier molecular flexibility index (Phi) is 10.3. The summed E-state index contributed by atoms with van der Waals surface area (Å²) >= 11 is -2.19. The van der Waals surface area contributed by atoms with Gasteiger partial charge in [-0.05, 0) is 0 Å². The average Bonchev–Trinajstić information content (AvgIpc) is 3.54. The molecule has 0 saturated carbocycles. The molecule has 4 aromatic rings. The second kappa shape index (κ2) is 13.6. The van der Waals surface area contributed by atoms with E-state index in [9.17, 15) is 0 Å². The summed E-state index contributed by atoms with van der Waals surface area (Å²) in [6, 6.07) is 29.4. The van der Waals surface area contributed by atoms with Gasteiger partial charge in [-0.1, -0.05) is 0 Å². The summed E-state index contributed by atoms with van der Waals surface area (Å²) in [5.74, 6) is -0.974. The minimum atomic E-state index is -2.19. The fourth-order valence-corrected chi connectivity index (χ4v) is 31.8. The second-order valence-electron chi connectivity index (χ2n) is 20.5. The van der Waals surface area contributed by atoms with Crippen molar-refractivity contribution in [2.75, 3.05) is 0 Å². The Hall–Kier alpha value is -2.54. The van der Waals surface area contributed by atoms with Gasteiger partial charge < -0.3 is 0 Å². The van der Waals surface area contributed by atoms with E-state index < -0.39 is 26.8 Å². The van der Waals surface area contributed by atoms with Crippen molar-refractivity contribution in [1.82, 2.24) is 0 Å². The first-order chi connectivity index (χ1) is 24.0. The van der Waals surface area contributed by atoms with Crippen molar-refractivity contribution in [3.63, 3.8) is 0 Å². The van der Waals surface area contributed by atoms with Crippen molar-refractivity contribution in [1.29, 1.82) is 0 Å². The van der Waals surface area contributed by atoms with Crippen LogP contribution in [0.5, 0.6) is 0 Å². The Morgan fingerprint density at radius 1 is 0.462 bits per heavy atom. The quantitative estimate of drug-likeness (QED) is 0.177. The summed E-state index contributed by atoms with van der Waals surface area (Å²) in [6.45, 7) is 38.5. The van der Waals surface area contributed by atoms with Crippen molar-refractivity contribution >= 4 is 18.1 Å². The molecule has 0 aromatic heterocycles. The van der Waals surface area contributed by atoms with Crippen molar-refractivity contribution < 1.29 is 20.9 Å². The van der Waals surface area contributed by atoms with Crippen molar-refractivity contribution in [2.24, 2.45) is 0 Å². The number of allylic oxidation sites excluding steroid dienone is 2. The van der Waals surface area contributed by atoms with Gasteiger partial charge in [0, 0.05) is 0 Å². The third-order valence-corrected chi connectivity index (χ3v) is 34.0. The summed E-state index contributed by atoms with van der Waals surface area (Å²) in [4.78, 5) is 0. The van der Waals surface area contributed by atoms with E-state index in [1.165, 1.54) is 55.6 Å². The van der Waals surface area contributed by atoms with Gasteiger partial charge in [-0.25, -0.2) is 0 Å². The summed E-state index contributed by atoms with van der Waals surface area (Å²) < 4.78 is 1.24. The predicted molar refractivity (Wildman–Crippen MR) is 230 cm³/mol. The van der Waals surface area contributed by atoms with Gasteiger partial charge in [0.05, 0.1) is 0 Å². The molecule has 0 bridgehead atoms. The molecule has 273 valence electrons. The van der Waals surface area contributed by atoms with E-state index in [1.54, 1.807) is 22.3 Å². The fraction of sp³-hybridized carbons (Fsp3) is 0.440. The molecule has 2 heteroatoms. The molecule has 0 aliphatic heterocycles. The molecule has 2 unspecified atom stereocenters. The van der Waals surface area contributed by atoms with Crippen LogP contribution in [0.2, 0.25) is 13.1 Å². The van der Waals surface area contributed by atoms with Gasteiger partial charge in [-0.3, -0.25) is 0 Å². The number of rotatable bonds is 5. The van der Waals surface area contributed by atoms with Crippen LogP contribution in [0.4, 0.5) is 0 Å². The zero-order valence-corrected chi connectivity index (χ0v) is 38.9. The van der Waals surface area contributed by atoms with E-state index in [1.807, 2.05) is 0 Å². The van der Waals surface area contributed by atoms with Crippen molar-refractivity contribution in [2.45, 2.75) is 139 Å². The zero-order chi connectivity index (χ0) is 38.3. The molecule has 0 spiro atoms. The first-order valence-corrected chi connectivity index (χ1v) is 29.8. The zero-order valence-electron chi connectivity index (χ0n) is 35.3. The van der Waals surface area contributed by atoms with Gasteiger partial charge in [0.2, 0.25) is 0 Å². The first-order valence-electron chi connectivity index (χ1n) is 19.8. The number of hydrogen-bond acceptors (Lipinski definition) is 0. The van der Waals surface area contributed by atoms with Crippen LogP contribution in [-0.2, 0) is 42.6 Å². The van der Waals surface area contributed by atoms with Crippen LogP contribution in [0.25, 0.3) is 34.4 Å². The van der Waals surface area contributed by atoms with Crippen LogP contribution >= 0.6 is 0 Å². The molecular formula is C50H65SiZr. The number of benzene rings is 4. The van der Waals surface area contributed by atoms with Crippen LogP contribution in [0.3, 0.4) is 0 Å². The molecule has 0 heterocycles. The summed E-state index contributed by atoms with van der Waals surface area (Å²) in [7, 11) is 0. The maximum absolute atomic E-state index is 2.68. The Labute approximate surface area is 326 Å². The molecule has 0 saturated heterocycles. The number of hydrogen-bond donors (Lipinski definition) is 0. The van der Waals surface area contributed by atoms with Crippen molar-refractivity contribution in [3.8, 4) is 22.3 Å². The molecule has 0 fully saturated rings. The Morgan fingerprint density at radius 2 is 0.769 bits per heavy atom. The van der Waals surface area contributed by atoms with Gasteiger partial charge in [-0.15, -0.1) is 0 Å². The summed E-state index contributed by atoms with van der Waals surface area (Å²) in [6.07, 6.45) is 5.20. The molecule has 6 rings (SSSR count). The molecular weight excluding hydrogens is 720 g/mol. The molecule has 4 aromatic carbocycles. The minimum absolute atomic E-state index is 0.0906. The Bertz CT molecular complexity index is 1870. The van der Waals surface area contributed by atoms with E-state index in [-0.39, 0.29) is 21.7 Å². The normalized spacial score (nSPS) is 17.6. The molecule has 2 aliphatic carbocycles. The SMILES string of the molecule is CC1=Cc2c(-c3cc(C(C)(C)C)cc(C(C)(C)C)c3)cccc2[CH]1[Zr]([CH]1C(C)=Cc2c(-c3cc(C(C)(C)C)cc(C(C)(C)C)c3)cccc21)[SiH](C)C. The first kappa shape index (κ1) is 39.2. The molecule has 0 radical (unpaired) electrons. The van der Waals surface area contributed by atoms with Gasteiger partial charge in [-0.2, -0.15) is 0 Å². The topological polar surface area (TPSA) is 0 Å². The molecule has 0 nitrogen and oxygen atoms in total. The third kappa shape index (κ3) is 7.43. The fourth-order valence-electron chi connectivity index (χ4n) is 8.62. The summed E-state index contributed by atoms with van der Waals surface area (Å²) in [5.41, 5.74) is 21.1. The van der Waals surface area contributed by atoms with Gasteiger partial charge in [0.25, 0.3) is 0 Å². The van der Waals surface area contributed by atoms with E-state index in [4.69, 9.17) is 0 Å². The van der Waals surface area contributed by atoms with E-state index in [0.29, 0.717) is 7.25 Å². The van der Waals surface area contributed by atoms with Gasteiger partial charge in [0.1, 0.15) is 0 Å². The van der Waals surface area contributed by atoms with Gasteiger partial charge >= 0.3 is 329 Å². The Morgan fingerprint density at radius 3 is 1.04 bits per heavy atom. The number of fused-ring (bicyclic) bond motifs is 2. The molecule has 2 atom stereocenters. The van der Waals surface area contributed by atoms with Gasteiger partial charge in [0.15, 0.2) is 0 Å². The molecule has 52 heavy (non-hydrogen) atoms. The maximum atomic E-state index is 2.68. The van der Waals surface area contributed by atoms with Crippen LogP contribution in [-0.4, -0.2) is 5.92 Å². The standard InChI is InChI=1S/2C24H29.C2H7Si.Zr/c2*1-16-11-17-9-8-10-21(22(17)12-16)18-13-19(23(2,3)4)15-20(14-18)24(5,6)7;1-3-2;/h2*8-15H,1-7H3;3H,1-2H3;. The monoisotopic (exact) mass is 783 g/mol. The van der Waals surface area contributed by atoms with E-state index >= 15 is 0 Å². The second-order valence-corrected chi connectivity index (χ2v) is 40.6. The van der Waals surface area contributed by atoms with Crippen LogP contribution in [0, 0.1) is 0 Å². The van der Waals surface area contributed by atoms with Crippen LogP contribution in [0.15, 0.2) is 83.9 Å². The van der Waals surface area contributed by atoms with E-state index in [0.717, 1.165) is 0 Å². The van der Waals surface area contributed by atoms with Crippen LogP contribution in [0.1, 0.15) is 149 Å². The van der Waals surface area contributed by atoms with Crippen molar-refractivity contribution in [3.05, 3.63) is 128 Å². The molecule has 0 N–H and O–H groups in total. The Balaban J connectivity index is 1.48. The summed E-state index contributed by atoms with van der Waals surface area (Å²) in [5, 5.41) is 0. The van der Waals surface area contributed by atoms with E-state index in [2.05, 4.69) is 195 Å². The molecule has 0 amide bonds. The molecule has 2 aliphatic rings. The van der Waals surface area contributed by atoms with Crippen LogP contribution < -0.4 is 0 Å². The average molecular weight is 785 g/mol. The third-order valence-electron chi connectivity index (χ3n) is 11.8. The predicted octanol–water partition coefficient (Wildman–Crippen LogP) is 14.4.